The second-order valence-corrected chi connectivity index (χ2v) is 6.43. The molecule has 3 rings (SSSR count). The lowest BCUT2D eigenvalue weighted by molar-refractivity contribution is 0.0954. The number of hydrazone groups is 1. The maximum atomic E-state index is 12.1. The molecule has 0 aliphatic heterocycles. The summed E-state index contributed by atoms with van der Waals surface area (Å²) in [4.78, 5) is 12.1. The van der Waals surface area contributed by atoms with Crippen LogP contribution in [0.2, 0.25) is 5.02 Å². The third kappa shape index (κ3) is 5.43. The molecule has 0 saturated heterocycles. The first kappa shape index (κ1) is 18.7. The van der Waals surface area contributed by atoms with E-state index < -0.39 is 0 Å². The van der Waals surface area contributed by atoms with Crippen molar-refractivity contribution in [3.63, 3.8) is 0 Å². The quantitative estimate of drug-likeness (QED) is 0.485. The van der Waals surface area contributed by atoms with Crippen molar-refractivity contribution in [3.8, 4) is 5.75 Å². The lowest BCUT2D eigenvalue weighted by Gasteiger charge is -2.06. The number of halogens is 1. The standard InChI is InChI=1S/C22H19ClN2O2/c1-16-4-2-3-5-21(16)22(26)25-24-14-17-8-12-20(13-9-17)27-15-18-6-10-19(23)11-7-18/h2-14H,15H2,1H3,(H,25,26). The highest BCUT2D eigenvalue weighted by atomic mass is 35.5. The zero-order valence-electron chi connectivity index (χ0n) is 14.9. The Hall–Kier alpha value is -3.11. The van der Waals surface area contributed by atoms with Crippen LogP contribution in [0.5, 0.6) is 5.75 Å². The van der Waals surface area contributed by atoms with Gasteiger partial charge in [0.25, 0.3) is 5.91 Å². The molecular formula is C22H19ClN2O2. The molecule has 136 valence electrons. The zero-order chi connectivity index (χ0) is 19.1. The molecule has 0 radical (unpaired) electrons. The van der Waals surface area contributed by atoms with Crippen molar-refractivity contribution in [1.82, 2.24) is 5.43 Å². The Balaban J connectivity index is 1.52. The topological polar surface area (TPSA) is 50.7 Å². The van der Waals surface area contributed by atoms with Gasteiger partial charge in [0.05, 0.1) is 6.21 Å². The molecule has 3 aromatic carbocycles. The predicted molar refractivity (Wildman–Crippen MR) is 108 cm³/mol. The van der Waals surface area contributed by atoms with E-state index in [4.69, 9.17) is 16.3 Å². The number of amides is 1. The molecule has 27 heavy (non-hydrogen) atoms. The predicted octanol–water partition coefficient (Wildman–Crippen LogP) is 4.99. The summed E-state index contributed by atoms with van der Waals surface area (Å²) in [6.45, 7) is 2.36. The highest BCUT2D eigenvalue weighted by Gasteiger charge is 2.06. The van der Waals surface area contributed by atoms with Crippen LogP contribution in [-0.2, 0) is 6.61 Å². The Bertz CT molecular complexity index is 935. The molecule has 0 unspecified atom stereocenters. The number of hydrogen-bond donors (Lipinski definition) is 1. The number of ether oxygens (including phenoxy) is 1. The summed E-state index contributed by atoms with van der Waals surface area (Å²) in [6, 6.07) is 22.4. The molecule has 0 saturated carbocycles. The van der Waals surface area contributed by atoms with Crippen LogP contribution in [0.1, 0.15) is 27.0 Å². The molecule has 1 N–H and O–H groups in total. The lowest BCUT2D eigenvalue weighted by atomic mass is 10.1. The molecule has 0 fully saturated rings. The van der Waals surface area contributed by atoms with Gasteiger partial charge >= 0.3 is 0 Å². The van der Waals surface area contributed by atoms with Gasteiger partial charge in [-0.1, -0.05) is 41.9 Å². The Morgan fingerprint density at radius 1 is 1.04 bits per heavy atom. The number of nitrogens with zero attached hydrogens (tertiary/aromatic N) is 1. The third-order valence-electron chi connectivity index (χ3n) is 3.97. The molecule has 4 nitrogen and oxygen atoms in total. The first-order chi connectivity index (χ1) is 13.1. The molecule has 5 heteroatoms. The van der Waals surface area contributed by atoms with Gasteiger partial charge in [0, 0.05) is 10.6 Å². The third-order valence-corrected chi connectivity index (χ3v) is 4.22. The molecular weight excluding hydrogens is 360 g/mol. The summed E-state index contributed by atoms with van der Waals surface area (Å²) >= 11 is 5.87. The van der Waals surface area contributed by atoms with E-state index in [1.165, 1.54) is 0 Å². The maximum absolute atomic E-state index is 12.1. The van der Waals surface area contributed by atoms with Gasteiger partial charge < -0.3 is 4.74 Å². The molecule has 0 aliphatic rings. The number of rotatable bonds is 6. The van der Waals surface area contributed by atoms with E-state index in [2.05, 4.69) is 10.5 Å². The van der Waals surface area contributed by atoms with E-state index in [1.54, 1.807) is 12.3 Å². The van der Waals surface area contributed by atoms with Gasteiger partial charge in [-0.3, -0.25) is 4.79 Å². The normalized spacial score (nSPS) is 10.7. The van der Waals surface area contributed by atoms with Crippen molar-refractivity contribution in [2.75, 3.05) is 0 Å². The van der Waals surface area contributed by atoms with Gasteiger partial charge in [-0.15, -0.1) is 0 Å². The zero-order valence-corrected chi connectivity index (χ0v) is 15.6. The number of benzene rings is 3. The molecule has 0 aliphatic carbocycles. The average molecular weight is 379 g/mol. The van der Waals surface area contributed by atoms with Crippen LogP contribution in [0.15, 0.2) is 77.9 Å². The summed E-state index contributed by atoms with van der Waals surface area (Å²) in [6.07, 6.45) is 1.60. The van der Waals surface area contributed by atoms with E-state index in [0.29, 0.717) is 17.2 Å². The maximum Gasteiger partial charge on any atom is 0.271 e. The van der Waals surface area contributed by atoms with Crippen molar-refractivity contribution >= 4 is 23.7 Å². The summed E-state index contributed by atoms with van der Waals surface area (Å²) in [5.41, 5.74) is 5.97. The number of aryl methyl sites for hydroxylation is 1. The van der Waals surface area contributed by atoms with Crippen molar-refractivity contribution < 1.29 is 9.53 Å². The molecule has 0 spiro atoms. The molecule has 0 aromatic heterocycles. The SMILES string of the molecule is Cc1ccccc1C(=O)NN=Cc1ccc(OCc2ccc(Cl)cc2)cc1. The minimum absolute atomic E-state index is 0.229. The van der Waals surface area contributed by atoms with Crippen LogP contribution in [0.25, 0.3) is 0 Å². The number of hydrogen-bond acceptors (Lipinski definition) is 3. The highest BCUT2D eigenvalue weighted by Crippen LogP contribution is 2.15. The highest BCUT2D eigenvalue weighted by molar-refractivity contribution is 6.30. The summed E-state index contributed by atoms with van der Waals surface area (Å²) < 4.78 is 5.74. The lowest BCUT2D eigenvalue weighted by Crippen LogP contribution is -2.18. The van der Waals surface area contributed by atoms with E-state index in [9.17, 15) is 4.79 Å². The molecule has 0 atom stereocenters. The van der Waals surface area contributed by atoms with Crippen molar-refractivity contribution in [2.45, 2.75) is 13.5 Å². The van der Waals surface area contributed by atoms with Crippen LogP contribution < -0.4 is 10.2 Å². The Kier molecular flexibility index (Phi) is 6.23. The molecule has 0 bridgehead atoms. The Morgan fingerprint density at radius 2 is 1.74 bits per heavy atom. The smallest absolute Gasteiger partial charge is 0.271 e. The minimum Gasteiger partial charge on any atom is -0.489 e. The second kappa shape index (κ2) is 9.01. The largest absolute Gasteiger partial charge is 0.489 e. The van der Waals surface area contributed by atoms with Gasteiger partial charge in [-0.05, 0) is 66.1 Å². The van der Waals surface area contributed by atoms with Gasteiger partial charge in [0.2, 0.25) is 0 Å². The van der Waals surface area contributed by atoms with Crippen molar-refractivity contribution in [1.29, 1.82) is 0 Å². The van der Waals surface area contributed by atoms with Gasteiger partial charge in [-0.25, -0.2) is 5.43 Å². The number of carbonyl (C=O) groups is 1. The monoisotopic (exact) mass is 378 g/mol. The van der Waals surface area contributed by atoms with Crippen molar-refractivity contribution in [3.05, 3.63) is 100 Å². The first-order valence-electron chi connectivity index (χ1n) is 8.48. The average Bonchev–Trinajstić information content (AvgIpc) is 2.69. The number of carbonyl (C=O) groups excluding carboxylic acids is 1. The van der Waals surface area contributed by atoms with Crippen LogP contribution in [0, 0.1) is 6.92 Å². The van der Waals surface area contributed by atoms with E-state index in [1.807, 2.05) is 73.7 Å². The Morgan fingerprint density at radius 3 is 2.44 bits per heavy atom. The van der Waals surface area contributed by atoms with Crippen molar-refractivity contribution in [2.24, 2.45) is 5.10 Å². The van der Waals surface area contributed by atoms with Gasteiger partial charge in [-0.2, -0.15) is 5.10 Å². The molecule has 3 aromatic rings. The molecule has 1 amide bonds. The Labute approximate surface area is 163 Å². The van der Waals surface area contributed by atoms with Crippen LogP contribution in [0.3, 0.4) is 0 Å². The van der Waals surface area contributed by atoms with Gasteiger partial charge in [0.1, 0.15) is 12.4 Å². The van der Waals surface area contributed by atoms with Crippen LogP contribution in [0.4, 0.5) is 0 Å². The van der Waals surface area contributed by atoms with Gasteiger partial charge in [0.15, 0.2) is 0 Å². The summed E-state index contributed by atoms with van der Waals surface area (Å²) in [7, 11) is 0. The fourth-order valence-electron chi connectivity index (χ4n) is 2.45. The fraction of sp³-hybridized carbons (Fsp3) is 0.0909. The van der Waals surface area contributed by atoms with Crippen LogP contribution in [-0.4, -0.2) is 12.1 Å². The summed E-state index contributed by atoms with van der Waals surface area (Å²) in [5.74, 6) is 0.526. The van der Waals surface area contributed by atoms with E-state index in [0.717, 1.165) is 22.4 Å². The summed E-state index contributed by atoms with van der Waals surface area (Å²) in [5, 5.41) is 4.72. The number of nitrogens with one attached hydrogen (secondary N) is 1. The first-order valence-corrected chi connectivity index (χ1v) is 8.86. The fourth-order valence-corrected chi connectivity index (χ4v) is 2.58. The second-order valence-electron chi connectivity index (χ2n) is 6.00. The minimum atomic E-state index is -0.229. The molecule has 0 heterocycles. The van der Waals surface area contributed by atoms with E-state index in [-0.39, 0.29) is 5.91 Å². The van der Waals surface area contributed by atoms with Crippen LogP contribution >= 0.6 is 11.6 Å². The van der Waals surface area contributed by atoms with E-state index >= 15 is 0 Å².